The maximum absolute atomic E-state index is 13.2. The number of carbonyl (C=O) groups is 1. The summed E-state index contributed by atoms with van der Waals surface area (Å²) in [6.45, 7) is 2.07. The van der Waals surface area contributed by atoms with Crippen LogP contribution >= 0.6 is 0 Å². The van der Waals surface area contributed by atoms with Crippen molar-refractivity contribution >= 4 is 11.6 Å². The van der Waals surface area contributed by atoms with Gasteiger partial charge in [-0.1, -0.05) is 36.4 Å². The van der Waals surface area contributed by atoms with Crippen molar-refractivity contribution in [2.24, 2.45) is 0 Å². The van der Waals surface area contributed by atoms with Crippen LogP contribution in [0.2, 0.25) is 0 Å². The van der Waals surface area contributed by atoms with Crippen LogP contribution in [0.25, 0.3) is 5.82 Å². The number of amides is 1. The standard InChI is InChI=1S/C25H23N5O2/c1-32-21-11-9-20(10-12-21)28-25(31)22-14-27-30-23(22)17-29(15-18-6-3-2-4-7-18)16-19-8-5-13-26-24(19)30/h2-14H,15-17H2,1H3,(H,28,31). The van der Waals surface area contributed by atoms with Crippen molar-refractivity contribution in [2.45, 2.75) is 19.6 Å². The van der Waals surface area contributed by atoms with Crippen LogP contribution in [0.3, 0.4) is 0 Å². The fourth-order valence-electron chi connectivity index (χ4n) is 3.98. The zero-order chi connectivity index (χ0) is 21.9. The van der Waals surface area contributed by atoms with Gasteiger partial charge in [0.1, 0.15) is 5.75 Å². The highest BCUT2D eigenvalue weighted by Gasteiger charge is 2.26. The normalized spacial score (nSPS) is 13.0. The molecule has 1 aliphatic rings. The minimum absolute atomic E-state index is 0.199. The molecule has 160 valence electrons. The predicted octanol–water partition coefficient (Wildman–Crippen LogP) is 4.04. The quantitative estimate of drug-likeness (QED) is 0.522. The number of benzene rings is 2. The van der Waals surface area contributed by atoms with E-state index in [2.05, 4.69) is 38.5 Å². The summed E-state index contributed by atoms with van der Waals surface area (Å²) in [6, 6.07) is 21.6. The zero-order valence-corrected chi connectivity index (χ0v) is 17.7. The molecule has 0 unspecified atom stereocenters. The Morgan fingerprint density at radius 3 is 2.62 bits per heavy atom. The number of rotatable bonds is 5. The fraction of sp³-hybridized carbons (Fsp3) is 0.160. The Balaban J connectivity index is 1.47. The summed E-state index contributed by atoms with van der Waals surface area (Å²) in [5.41, 5.74) is 4.35. The van der Waals surface area contributed by atoms with E-state index in [0.29, 0.717) is 17.8 Å². The summed E-state index contributed by atoms with van der Waals surface area (Å²) < 4.78 is 6.98. The summed E-state index contributed by atoms with van der Waals surface area (Å²) in [7, 11) is 1.61. The number of hydrogen-bond acceptors (Lipinski definition) is 5. The molecule has 0 saturated carbocycles. The third-order valence-electron chi connectivity index (χ3n) is 5.55. The van der Waals surface area contributed by atoms with E-state index in [1.54, 1.807) is 24.2 Å². The number of methoxy groups -OCH3 is 1. The number of nitrogens with one attached hydrogen (secondary N) is 1. The van der Waals surface area contributed by atoms with E-state index < -0.39 is 0 Å². The molecule has 0 atom stereocenters. The molecule has 32 heavy (non-hydrogen) atoms. The maximum atomic E-state index is 13.2. The number of carbonyl (C=O) groups excluding carboxylic acids is 1. The molecule has 0 spiro atoms. The topological polar surface area (TPSA) is 72.3 Å². The average Bonchev–Trinajstić information content (AvgIpc) is 3.17. The third kappa shape index (κ3) is 3.98. The lowest BCUT2D eigenvalue weighted by atomic mass is 10.1. The van der Waals surface area contributed by atoms with E-state index in [-0.39, 0.29) is 5.91 Å². The van der Waals surface area contributed by atoms with Crippen LogP contribution in [0.4, 0.5) is 5.69 Å². The van der Waals surface area contributed by atoms with Crippen molar-refractivity contribution in [2.75, 3.05) is 12.4 Å². The number of aromatic nitrogens is 3. The summed E-state index contributed by atoms with van der Waals surface area (Å²) in [6.07, 6.45) is 3.38. The highest BCUT2D eigenvalue weighted by molar-refractivity contribution is 6.05. The van der Waals surface area contributed by atoms with Gasteiger partial charge in [-0.3, -0.25) is 9.69 Å². The molecule has 7 nitrogen and oxygen atoms in total. The molecule has 0 fully saturated rings. The largest absolute Gasteiger partial charge is 0.497 e. The second-order valence-corrected chi connectivity index (χ2v) is 7.72. The van der Waals surface area contributed by atoms with Crippen LogP contribution in [-0.2, 0) is 19.6 Å². The molecule has 3 heterocycles. The lowest BCUT2D eigenvalue weighted by Gasteiger charge is -2.20. The number of pyridine rings is 1. The maximum Gasteiger partial charge on any atom is 0.259 e. The Morgan fingerprint density at radius 2 is 1.84 bits per heavy atom. The molecule has 5 rings (SSSR count). The van der Waals surface area contributed by atoms with Gasteiger partial charge in [0, 0.05) is 37.1 Å². The summed E-state index contributed by atoms with van der Waals surface area (Å²) >= 11 is 0. The van der Waals surface area contributed by atoms with Gasteiger partial charge < -0.3 is 10.1 Å². The van der Waals surface area contributed by atoms with Crippen molar-refractivity contribution in [3.05, 3.63) is 102 Å². The van der Waals surface area contributed by atoms with Gasteiger partial charge in [0.25, 0.3) is 5.91 Å². The van der Waals surface area contributed by atoms with E-state index in [4.69, 9.17) is 4.74 Å². The SMILES string of the molecule is COc1ccc(NC(=O)c2cnn3c2CN(Cc2ccccc2)Cc2cccnc2-3)cc1. The first-order valence-electron chi connectivity index (χ1n) is 10.4. The minimum Gasteiger partial charge on any atom is -0.497 e. The fourth-order valence-corrected chi connectivity index (χ4v) is 3.98. The first kappa shape index (κ1) is 20.0. The molecule has 1 amide bonds. The number of anilines is 1. The molecule has 0 radical (unpaired) electrons. The molecule has 2 aromatic heterocycles. The molecule has 1 N–H and O–H groups in total. The number of ether oxygens (including phenoxy) is 1. The second-order valence-electron chi connectivity index (χ2n) is 7.72. The second kappa shape index (κ2) is 8.64. The van der Waals surface area contributed by atoms with Gasteiger partial charge in [0.2, 0.25) is 0 Å². The van der Waals surface area contributed by atoms with Crippen LogP contribution in [0.1, 0.15) is 27.2 Å². The smallest absolute Gasteiger partial charge is 0.259 e. The van der Waals surface area contributed by atoms with Gasteiger partial charge >= 0.3 is 0 Å². The summed E-state index contributed by atoms with van der Waals surface area (Å²) in [4.78, 5) is 20.0. The van der Waals surface area contributed by atoms with Crippen molar-refractivity contribution in [1.29, 1.82) is 0 Å². The van der Waals surface area contributed by atoms with E-state index in [1.165, 1.54) is 5.56 Å². The molecule has 2 aromatic carbocycles. The molecule has 1 aliphatic heterocycles. The minimum atomic E-state index is -0.199. The summed E-state index contributed by atoms with van der Waals surface area (Å²) in [5.74, 6) is 1.30. The van der Waals surface area contributed by atoms with Crippen LogP contribution in [0, 0.1) is 0 Å². The molecule has 0 saturated heterocycles. The van der Waals surface area contributed by atoms with E-state index in [0.717, 1.165) is 35.9 Å². The Morgan fingerprint density at radius 1 is 1.03 bits per heavy atom. The van der Waals surface area contributed by atoms with Gasteiger partial charge in [0.15, 0.2) is 5.82 Å². The number of hydrogen-bond donors (Lipinski definition) is 1. The number of fused-ring (bicyclic) bond motifs is 3. The van der Waals surface area contributed by atoms with Crippen molar-refractivity contribution in [3.8, 4) is 11.6 Å². The van der Waals surface area contributed by atoms with Gasteiger partial charge in [-0.05, 0) is 35.9 Å². The first-order chi connectivity index (χ1) is 15.7. The Bertz CT molecular complexity index is 1230. The van der Waals surface area contributed by atoms with Gasteiger partial charge in [-0.15, -0.1) is 0 Å². The predicted molar refractivity (Wildman–Crippen MR) is 122 cm³/mol. The highest BCUT2D eigenvalue weighted by Crippen LogP contribution is 2.26. The van der Waals surface area contributed by atoms with Crippen molar-refractivity contribution in [1.82, 2.24) is 19.7 Å². The Kier molecular flexibility index (Phi) is 5.39. The zero-order valence-electron chi connectivity index (χ0n) is 17.7. The van der Waals surface area contributed by atoms with E-state index in [1.807, 2.05) is 48.5 Å². The Hall–Kier alpha value is -3.97. The number of nitrogens with zero attached hydrogens (tertiary/aromatic N) is 4. The van der Waals surface area contributed by atoms with E-state index >= 15 is 0 Å². The van der Waals surface area contributed by atoms with Gasteiger partial charge in [0.05, 0.1) is 24.6 Å². The van der Waals surface area contributed by atoms with Crippen molar-refractivity contribution in [3.63, 3.8) is 0 Å². The first-order valence-corrected chi connectivity index (χ1v) is 10.4. The van der Waals surface area contributed by atoms with Gasteiger partial charge in [-0.25, -0.2) is 9.67 Å². The molecule has 4 aromatic rings. The van der Waals surface area contributed by atoms with Crippen LogP contribution < -0.4 is 10.1 Å². The monoisotopic (exact) mass is 425 g/mol. The molecule has 0 bridgehead atoms. The lowest BCUT2D eigenvalue weighted by molar-refractivity contribution is 0.102. The van der Waals surface area contributed by atoms with Crippen LogP contribution in [-0.4, -0.2) is 32.7 Å². The Labute approximate surface area is 186 Å². The lowest BCUT2D eigenvalue weighted by Crippen LogP contribution is -2.23. The van der Waals surface area contributed by atoms with Crippen molar-refractivity contribution < 1.29 is 9.53 Å². The van der Waals surface area contributed by atoms with Crippen LogP contribution in [0.15, 0.2) is 79.1 Å². The molecule has 0 aliphatic carbocycles. The highest BCUT2D eigenvalue weighted by atomic mass is 16.5. The molecular formula is C25H23N5O2. The third-order valence-corrected chi connectivity index (χ3v) is 5.55. The van der Waals surface area contributed by atoms with Crippen LogP contribution in [0.5, 0.6) is 5.75 Å². The average molecular weight is 425 g/mol. The van der Waals surface area contributed by atoms with Gasteiger partial charge in [-0.2, -0.15) is 5.10 Å². The molecule has 7 heteroatoms. The summed E-state index contributed by atoms with van der Waals surface area (Å²) in [5, 5.41) is 7.50. The van der Waals surface area contributed by atoms with E-state index in [9.17, 15) is 4.79 Å². The molecular weight excluding hydrogens is 402 g/mol.